The van der Waals surface area contributed by atoms with Crippen LogP contribution in [0.4, 0.5) is 0 Å². The normalized spacial score (nSPS) is 11.5. The Labute approximate surface area is 130 Å². The standard InChI is InChI=1S/C15H12ClN5O/c1-20-14-9(7-18-20)6-17-15-10(14)5-11(19-15)12-3-2-4-21(12)8-13(16)22/h2-7H,8H2,1H3,(H,17,19). The summed E-state index contributed by atoms with van der Waals surface area (Å²) in [4.78, 5) is 18.9. The second-order valence-electron chi connectivity index (χ2n) is 5.15. The Balaban J connectivity index is 1.93. The van der Waals surface area contributed by atoms with E-state index in [9.17, 15) is 4.79 Å². The number of halogens is 1. The quantitative estimate of drug-likeness (QED) is 0.591. The zero-order valence-corrected chi connectivity index (χ0v) is 12.5. The van der Waals surface area contributed by atoms with Crippen LogP contribution in [-0.2, 0) is 18.4 Å². The van der Waals surface area contributed by atoms with E-state index in [1.807, 2.05) is 36.1 Å². The molecule has 1 N–H and O–H groups in total. The Morgan fingerprint density at radius 2 is 2.27 bits per heavy atom. The number of aromatic amines is 1. The van der Waals surface area contributed by atoms with Crippen LogP contribution in [0.15, 0.2) is 36.8 Å². The SMILES string of the molecule is Cn1ncc2cnc3[nH]c(-c4cccn4CC(=O)Cl)cc3c21. The van der Waals surface area contributed by atoms with Crippen LogP contribution in [0.3, 0.4) is 0 Å². The number of carbonyl (C=O) groups excluding carboxylic acids is 1. The van der Waals surface area contributed by atoms with Gasteiger partial charge in [0.1, 0.15) is 5.65 Å². The molecule has 110 valence electrons. The molecule has 0 unspecified atom stereocenters. The van der Waals surface area contributed by atoms with Gasteiger partial charge in [-0.1, -0.05) is 0 Å². The highest BCUT2D eigenvalue weighted by Gasteiger charge is 2.13. The summed E-state index contributed by atoms with van der Waals surface area (Å²) in [5.41, 5.74) is 3.59. The summed E-state index contributed by atoms with van der Waals surface area (Å²) in [6, 6.07) is 5.84. The van der Waals surface area contributed by atoms with Gasteiger partial charge in [-0.25, -0.2) is 4.98 Å². The van der Waals surface area contributed by atoms with Crippen molar-refractivity contribution in [3.63, 3.8) is 0 Å². The van der Waals surface area contributed by atoms with Crippen molar-refractivity contribution < 1.29 is 4.79 Å². The zero-order valence-electron chi connectivity index (χ0n) is 11.7. The highest BCUT2D eigenvalue weighted by Crippen LogP contribution is 2.28. The molecule has 0 aliphatic heterocycles. The molecule has 0 radical (unpaired) electrons. The fourth-order valence-electron chi connectivity index (χ4n) is 2.81. The van der Waals surface area contributed by atoms with Crippen molar-refractivity contribution in [2.75, 3.05) is 0 Å². The van der Waals surface area contributed by atoms with Gasteiger partial charge < -0.3 is 9.55 Å². The van der Waals surface area contributed by atoms with Crippen molar-refractivity contribution in [1.82, 2.24) is 24.3 Å². The lowest BCUT2D eigenvalue weighted by Gasteiger charge is -2.04. The highest BCUT2D eigenvalue weighted by atomic mass is 35.5. The number of aromatic nitrogens is 5. The summed E-state index contributed by atoms with van der Waals surface area (Å²) in [6.45, 7) is 0.133. The lowest BCUT2D eigenvalue weighted by molar-refractivity contribution is -0.112. The summed E-state index contributed by atoms with van der Waals surface area (Å²) in [5.74, 6) is 0. The van der Waals surface area contributed by atoms with Crippen LogP contribution in [-0.4, -0.2) is 29.6 Å². The minimum atomic E-state index is -0.402. The Bertz CT molecular complexity index is 1010. The maximum Gasteiger partial charge on any atom is 0.241 e. The minimum Gasteiger partial charge on any atom is -0.338 e. The van der Waals surface area contributed by atoms with Gasteiger partial charge in [-0.2, -0.15) is 5.10 Å². The molecule has 4 aromatic rings. The summed E-state index contributed by atoms with van der Waals surface area (Å²) < 4.78 is 3.64. The average Bonchev–Trinajstić information content (AvgIpc) is 3.15. The molecular formula is C15H12ClN5O. The fraction of sp³-hybridized carbons (Fsp3) is 0.133. The molecule has 0 aliphatic carbocycles. The maximum absolute atomic E-state index is 11.2. The monoisotopic (exact) mass is 313 g/mol. The predicted octanol–water partition coefficient (Wildman–Crippen LogP) is 2.68. The Hall–Kier alpha value is -2.60. The molecule has 7 heteroatoms. The van der Waals surface area contributed by atoms with E-state index in [4.69, 9.17) is 11.6 Å². The van der Waals surface area contributed by atoms with Gasteiger partial charge in [0, 0.05) is 30.2 Å². The molecule has 22 heavy (non-hydrogen) atoms. The third-order valence-corrected chi connectivity index (χ3v) is 3.87. The number of pyridine rings is 1. The minimum absolute atomic E-state index is 0.133. The van der Waals surface area contributed by atoms with Crippen LogP contribution in [0, 0.1) is 0 Å². The van der Waals surface area contributed by atoms with Crippen LogP contribution in [0.1, 0.15) is 0 Å². The maximum atomic E-state index is 11.2. The first-order chi connectivity index (χ1) is 10.6. The molecule has 0 spiro atoms. The van der Waals surface area contributed by atoms with Gasteiger partial charge in [-0.05, 0) is 29.8 Å². The van der Waals surface area contributed by atoms with E-state index in [1.54, 1.807) is 17.0 Å². The molecule has 0 aliphatic rings. The number of hydrogen-bond donors (Lipinski definition) is 1. The molecule has 0 bridgehead atoms. The summed E-state index contributed by atoms with van der Waals surface area (Å²) in [7, 11) is 1.91. The van der Waals surface area contributed by atoms with E-state index in [2.05, 4.69) is 15.1 Å². The van der Waals surface area contributed by atoms with Crippen molar-refractivity contribution in [1.29, 1.82) is 0 Å². The molecule has 0 amide bonds. The van der Waals surface area contributed by atoms with E-state index in [1.165, 1.54) is 0 Å². The van der Waals surface area contributed by atoms with Crippen LogP contribution >= 0.6 is 11.6 Å². The Morgan fingerprint density at radius 3 is 3.09 bits per heavy atom. The molecule has 4 rings (SSSR count). The van der Waals surface area contributed by atoms with E-state index in [-0.39, 0.29) is 6.54 Å². The molecule has 0 saturated heterocycles. The molecule has 0 aromatic carbocycles. The van der Waals surface area contributed by atoms with Crippen molar-refractivity contribution in [3.8, 4) is 11.4 Å². The molecule has 0 fully saturated rings. The zero-order chi connectivity index (χ0) is 15.3. The summed E-state index contributed by atoms with van der Waals surface area (Å²) >= 11 is 5.50. The van der Waals surface area contributed by atoms with E-state index < -0.39 is 5.24 Å². The van der Waals surface area contributed by atoms with Crippen molar-refractivity contribution in [2.45, 2.75) is 6.54 Å². The van der Waals surface area contributed by atoms with Gasteiger partial charge in [0.25, 0.3) is 0 Å². The second kappa shape index (κ2) is 4.71. The average molecular weight is 314 g/mol. The first kappa shape index (κ1) is 13.1. The number of aryl methyl sites for hydroxylation is 1. The third-order valence-electron chi connectivity index (χ3n) is 3.75. The van der Waals surface area contributed by atoms with Gasteiger partial charge in [0.05, 0.1) is 29.6 Å². The van der Waals surface area contributed by atoms with Gasteiger partial charge in [-0.15, -0.1) is 0 Å². The summed E-state index contributed by atoms with van der Waals surface area (Å²) in [6.07, 6.45) is 5.42. The number of H-pyrrole nitrogens is 1. The second-order valence-corrected chi connectivity index (χ2v) is 5.57. The fourth-order valence-corrected chi connectivity index (χ4v) is 2.94. The van der Waals surface area contributed by atoms with E-state index in [0.717, 1.165) is 33.3 Å². The van der Waals surface area contributed by atoms with E-state index in [0.29, 0.717) is 0 Å². The van der Waals surface area contributed by atoms with Crippen molar-refractivity contribution in [2.24, 2.45) is 7.05 Å². The molecule has 0 saturated carbocycles. The van der Waals surface area contributed by atoms with Crippen LogP contribution in [0.25, 0.3) is 33.3 Å². The molecule has 0 atom stereocenters. The van der Waals surface area contributed by atoms with Crippen LogP contribution in [0.2, 0.25) is 0 Å². The smallest absolute Gasteiger partial charge is 0.241 e. The van der Waals surface area contributed by atoms with Crippen LogP contribution in [0.5, 0.6) is 0 Å². The lowest BCUT2D eigenvalue weighted by atomic mass is 10.2. The third kappa shape index (κ3) is 1.92. The number of carbonyl (C=O) groups is 1. The largest absolute Gasteiger partial charge is 0.338 e. The Morgan fingerprint density at radius 1 is 1.41 bits per heavy atom. The number of hydrogen-bond acceptors (Lipinski definition) is 3. The predicted molar refractivity (Wildman–Crippen MR) is 84.7 cm³/mol. The Kier molecular flexibility index (Phi) is 2.80. The summed E-state index contributed by atoms with van der Waals surface area (Å²) in [5, 5.41) is 5.86. The van der Waals surface area contributed by atoms with Gasteiger partial charge in [0.2, 0.25) is 5.24 Å². The number of fused-ring (bicyclic) bond motifs is 3. The number of nitrogens with one attached hydrogen (secondary N) is 1. The first-order valence-electron chi connectivity index (χ1n) is 6.77. The van der Waals surface area contributed by atoms with Gasteiger partial charge in [-0.3, -0.25) is 9.48 Å². The number of rotatable bonds is 3. The van der Waals surface area contributed by atoms with Crippen molar-refractivity contribution in [3.05, 3.63) is 36.8 Å². The number of nitrogens with zero attached hydrogens (tertiary/aromatic N) is 4. The van der Waals surface area contributed by atoms with Gasteiger partial charge >= 0.3 is 0 Å². The first-order valence-corrected chi connectivity index (χ1v) is 7.14. The topological polar surface area (TPSA) is 68.5 Å². The molecule has 4 aromatic heterocycles. The molecule has 6 nitrogen and oxygen atoms in total. The van der Waals surface area contributed by atoms with E-state index >= 15 is 0 Å². The molecular weight excluding hydrogens is 302 g/mol. The highest BCUT2D eigenvalue weighted by molar-refractivity contribution is 6.63. The lowest BCUT2D eigenvalue weighted by Crippen LogP contribution is -2.04. The molecule has 4 heterocycles. The van der Waals surface area contributed by atoms with Crippen molar-refractivity contribution >= 4 is 38.8 Å². The van der Waals surface area contributed by atoms with Crippen LogP contribution < -0.4 is 0 Å². The van der Waals surface area contributed by atoms with Gasteiger partial charge in [0.15, 0.2) is 0 Å².